The van der Waals surface area contributed by atoms with E-state index < -0.39 is 4.92 Å². The van der Waals surface area contributed by atoms with E-state index in [0.717, 1.165) is 6.42 Å². The van der Waals surface area contributed by atoms with Gasteiger partial charge in [0.2, 0.25) is 0 Å². The monoisotopic (exact) mass is 287 g/mol. The van der Waals surface area contributed by atoms with Gasteiger partial charge < -0.3 is 11.1 Å². The van der Waals surface area contributed by atoms with Gasteiger partial charge in [0.1, 0.15) is 23.6 Å². The summed E-state index contributed by atoms with van der Waals surface area (Å²) in [5.41, 5.74) is 6.57. The number of pyridine rings is 1. The average molecular weight is 287 g/mol. The minimum Gasteiger partial charge on any atom is -0.381 e. The zero-order chi connectivity index (χ0) is 15.2. The highest BCUT2D eigenvalue weighted by atomic mass is 16.6. The molecule has 2 heterocycles. The maximum Gasteiger partial charge on any atom is 0.287 e. The van der Waals surface area contributed by atoms with E-state index >= 15 is 0 Å². The molecule has 0 fully saturated rings. The van der Waals surface area contributed by atoms with Gasteiger partial charge >= 0.3 is 0 Å². The first-order chi connectivity index (χ1) is 10.1. The van der Waals surface area contributed by atoms with Crippen LogP contribution in [0.1, 0.15) is 17.7 Å². The van der Waals surface area contributed by atoms with Gasteiger partial charge in [-0.05, 0) is 18.9 Å². The van der Waals surface area contributed by atoms with Crippen LogP contribution in [0.25, 0.3) is 0 Å². The van der Waals surface area contributed by atoms with Crippen molar-refractivity contribution in [2.45, 2.75) is 12.8 Å². The van der Waals surface area contributed by atoms with Crippen LogP contribution >= 0.6 is 0 Å². The summed E-state index contributed by atoms with van der Waals surface area (Å²) in [6.45, 7) is 0.606. The molecule has 0 saturated carbocycles. The highest BCUT2D eigenvalue weighted by Crippen LogP contribution is 2.14. The number of nitrogen functional groups attached to an aromatic ring is 1. The molecule has 0 spiro atoms. The second-order valence-electron chi connectivity index (χ2n) is 4.26. The Morgan fingerprint density at radius 3 is 2.95 bits per heavy atom. The van der Waals surface area contributed by atoms with Crippen molar-refractivity contribution >= 4 is 17.3 Å². The standard InChI is InChI=1S/C12H13N7O2/c13-6-9-10(17-18-12(9)14)2-1-5-15-11-4-3-8(7-16-11)19(20)21/h3-4,7H,1-2,5H2,(H,15,16)(H3,14,17,18). The largest absolute Gasteiger partial charge is 0.381 e. The van der Waals surface area contributed by atoms with Crippen LogP contribution < -0.4 is 11.1 Å². The Bertz CT molecular complexity index is 672. The van der Waals surface area contributed by atoms with Crippen LogP contribution in [-0.4, -0.2) is 26.6 Å². The third kappa shape index (κ3) is 3.44. The van der Waals surface area contributed by atoms with Gasteiger partial charge in [-0.1, -0.05) is 0 Å². The van der Waals surface area contributed by atoms with E-state index in [-0.39, 0.29) is 11.5 Å². The molecule has 0 aliphatic rings. The van der Waals surface area contributed by atoms with Gasteiger partial charge in [-0.2, -0.15) is 10.4 Å². The number of anilines is 2. The number of aryl methyl sites for hydroxylation is 1. The van der Waals surface area contributed by atoms with Crippen molar-refractivity contribution in [3.05, 3.63) is 39.7 Å². The van der Waals surface area contributed by atoms with E-state index in [2.05, 4.69) is 20.5 Å². The van der Waals surface area contributed by atoms with Crippen LogP contribution in [-0.2, 0) is 6.42 Å². The van der Waals surface area contributed by atoms with E-state index in [1.54, 1.807) is 6.07 Å². The Morgan fingerprint density at radius 1 is 1.52 bits per heavy atom. The van der Waals surface area contributed by atoms with Crippen LogP contribution in [0.4, 0.5) is 17.3 Å². The number of aromatic amines is 1. The number of nitriles is 1. The van der Waals surface area contributed by atoms with Crippen molar-refractivity contribution in [2.75, 3.05) is 17.6 Å². The molecular formula is C12H13N7O2. The fourth-order valence-electron chi connectivity index (χ4n) is 1.78. The van der Waals surface area contributed by atoms with Crippen LogP contribution in [0.5, 0.6) is 0 Å². The summed E-state index contributed by atoms with van der Waals surface area (Å²) in [5.74, 6) is 0.766. The predicted molar refractivity (Wildman–Crippen MR) is 75.4 cm³/mol. The summed E-state index contributed by atoms with van der Waals surface area (Å²) in [6, 6.07) is 4.94. The lowest BCUT2D eigenvalue weighted by Crippen LogP contribution is -2.05. The molecule has 9 nitrogen and oxygen atoms in total. The minimum absolute atomic E-state index is 0.0489. The molecule has 108 valence electrons. The molecule has 0 aliphatic carbocycles. The first-order valence-corrected chi connectivity index (χ1v) is 6.19. The number of nitro groups is 1. The fourth-order valence-corrected chi connectivity index (χ4v) is 1.78. The van der Waals surface area contributed by atoms with Crippen molar-refractivity contribution in [3.63, 3.8) is 0 Å². The topological polar surface area (TPSA) is 147 Å². The zero-order valence-corrected chi connectivity index (χ0v) is 11.0. The molecule has 4 N–H and O–H groups in total. The van der Waals surface area contributed by atoms with E-state index in [9.17, 15) is 10.1 Å². The van der Waals surface area contributed by atoms with Gasteiger partial charge in [-0.25, -0.2) is 4.98 Å². The third-order valence-electron chi connectivity index (χ3n) is 2.85. The lowest BCUT2D eigenvalue weighted by Gasteiger charge is -2.04. The second-order valence-corrected chi connectivity index (χ2v) is 4.26. The maximum absolute atomic E-state index is 10.5. The van der Waals surface area contributed by atoms with E-state index in [4.69, 9.17) is 11.0 Å². The first kappa shape index (κ1) is 14.3. The highest BCUT2D eigenvalue weighted by molar-refractivity contribution is 5.50. The van der Waals surface area contributed by atoms with Crippen LogP contribution in [0.2, 0.25) is 0 Å². The van der Waals surface area contributed by atoms with E-state index in [1.165, 1.54) is 12.3 Å². The Labute approximate surface area is 120 Å². The van der Waals surface area contributed by atoms with Crippen molar-refractivity contribution in [2.24, 2.45) is 0 Å². The Hall–Kier alpha value is -3.15. The number of nitrogens with zero attached hydrogens (tertiary/aromatic N) is 4. The van der Waals surface area contributed by atoms with Gasteiger partial charge in [0.15, 0.2) is 5.82 Å². The fraction of sp³-hybridized carbons (Fsp3) is 0.250. The zero-order valence-electron chi connectivity index (χ0n) is 11.0. The first-order valence-electron chi connectivity index (χ1n) is 6.19. The molecule has 0 unspecified atom stereocenters. The summed E-state index contributed by atoms with van der Waals surface area (Å²) in [6.07, 6.45) is 2.55. The molecule has 9 heteroatoms. The number of rotatable bonds is 6. The van der Waals surface area contributed by atoms with Gasteiger partial charge in [0.25, 0.3) is 5.69 Å². The maximum atomic E-state index is 10.5. The number of nitrogens with one attached hydrogen (secondary N) is 2. The van der Waals surface area contributed by atoms with Crippen molar-refractivity contribution in [3.8, 4) is 6.07 Å². The second kappa shape index (κ2) is 6.33. The molecule has 0 amide bonds. The van der Waals surface area contributed by atoms with Crippen molar-refractivity contribution in [1.82, 2.24) is 15.2 Å². The molecule has 0 atom stereocenters. The number of hydrogen-bond acceptors (Lipinski definition) is 7. The van der Waals surface area contributed by atoms with Crippen LogP contribution in [0.15, 0.2) is 18.3 Å². The number of aromatic nitrogens is 3. The number of nitrogens with two attached hydrogens (primary N) is 1. The summed E-state index contributed by atoms with van der Waals surface area (Å²) in [5, 5.41) is 29.0. The lowest BCUT2D eigenvalue weighted by molar-refractivity contribution is -0.385. The van der Waals surface area contributed by atoms with Crippen molar-refractivity contribution < 1.29 is 4.92 Å². The van der Waals surface area contributed by atoms with Gasteiger partial charge in [-0.15, -0.1) is 0 Å². The van der Waals surface area contributed by atoms with Gasteiger partial charge in [0, 0.05) is 12.6 Å². The average Bonchev–Trinajstić information content (AvgIpc) is 2.84. The molecule has 0 saturated heterocycles. The molecule has 0 aliphatic heterocycles. The quantitative estimate of drug-likeness (QED) is 0.411. The van der Waals surface area contributed by atoms with E-state index in [0.29, 0.717) is 30.0 Å². The van der Waals surface area contributed by atoms with E-state index in [1.807, 2.05) is 6.07 Å². The predicted octanol–water partition coefficient (Wildman–Crippen LogP) is 1.21. The SMILES string of the molecule is N#Cc1c(N)n[nH]c1CCCNc1ccc([N+](=O)[O-])cn1. The van der Waals surface area contributed by atoms with Gasteiger partial charge in [-0.3, -0.25) is 15.2 Å². The highest BCUT2D eigenvalue weighted by Gasteiger charge is 2.09. The smallest absolute Gasteiger partial charge is 0.287 e. The Balaban J connectivity index is 1.82. The summed E-state index contributed by atoms with van der Waals surface area (Å²) < 4.78 is 0. The molecule has 0 bridgehead atoms. The third-order valence-corrected chi connectivity index (χ3v) is 2.85. The normalized spacial score (nSPS) is 10.0. The minimum atomic E-state index is -0.497. The number of hydrogen-bond donors (Lipinski definition) is 3. The van der Waals surface area contributed by atoms with Crippen molar-refractivity contribution in [1.29, 1.82) is 5.26 Å². The van der Waals surface area contributed by atoms with Crippen LogP contribution in [0.3, 0.4) is 0 Å². The Morgan fingerprint density at radius 2 is 2.33 bits per heavy atom. The number of H-pyrrole nitrogens is 1. The molecule has 0 radical (unpaired) electrons. The molecule has 2 aromatic heterocycles. The summed E-state index contributed by atoms with van der Waals surface area (Å²) in [7, 11) is 0. The summed E-state index contributed by atoms with van der Waals surface area (Å²) in [4.78, 5) is 13.9. The molecular weight excluding hydrogens is 274 g/mol. The molecule has 21 heavy (non-hydrogen) atoms. The molecule has 2 rings (SSSR count). The lowest BCUT2D eigenvalue weighted by atomic mass is 10.1. The Kier molecular flexibility index (Phi) is 4.30. The van der Waals surface area contributed by atoms with Gasteiger partial charge in [0.05, 0.1) is 10.6 Å². The molecule has 2 aromatic rings. The summed E-state index contributed by atoms with van der Waals surface area (Å²) >= 11 is 0. The molecule has 0 aromatic carbocycles. The van der Waals surface area contributed by atoms with Crippen LogP contribution in [0, 0.1) is 21.4 Å².